The van der Waals surface area contributed by atoms with Crippen molar-refractivity contribution < 1.29 is 15.3 Å². The second-order valence-electron chi connectivity index (χ2n) is 10.9. The lowest BCUT2D eigenvalue weighted by Crippen LogP contribution is -2.48. The van der Waals surface area contributed by atoms with Crippen LogP contribution < -0.4 is 10.6 Å². The summed E-state index contributed by atoms with van der Waals surface area (Å²) in [5.41, 5.74) is 0. The van der Waals surface area contributed by atoms with Crippen LogP contribution in [0.4, 0.5) is 0 Å². The van der Waals surface area contributed by atoms with Crippen LogP contribution in [0.5, 0.6) is 0 Å². The van der Waals surface area contributed by atoms with Crippen LogP contribution in [0.3, 0.4) is 0 Å². The van der Waals surface area contributed by atoms with Crippen LogP contribution >= 0.6 is 0 Å². The van der Waals surface area contributed by atoms with E-state index in [1.165, 1.54) is 38.5 Å². The second-order valence-corrected chi connectivity index (χ2v) is 10.9. The van der Waals surface area contributed by atoms with Crippen molar-refractivity contribution in [2.75, 3.05) is 6.54 Å². The molecule has 0 aromatic carbocycles. The van der Waals surface area contributed by atoms with E-state index < -0.39 is 6.29 Å². The van der Waals surface area contributed by atoms with Crippen molar-refractivity contribution in [2.24, 2.45) is 29.6 Å². The third kappa shape index (κ3) is 7.16. The van der Waals surface area contributed by atoms with Gasteiger partial charge in [0.2, 0.25) is 0 Å². The molecule has 0 saturated heterocycles. The largest absolute Gasteiger partial charge is 0.378 e. The van der Waals surface area contributed by atoms with E-state index in [0.29, 0.717) is 18.0 Å². The Morgan fingerprint density at radius 1 is 0.833 bits per heavy atom. The van der Waals surface area contributed by atoms with Gasteiger partial charge in [0.1, 0.15) is 6.23 Å². The van der Waals surface area contributed by atoms with Crippen LogP contribution in [0.15, 0.2) is 0 Å². The first-order valence-corrected chi connectivity index (χ1v) is 13.0. The van der Waals surface area contributed by atoms with Crippen LogP contribution in [0, 0.1) is 29.6 Å². The number of hydrogen-bond donors (Lipinski definition) is 5. The van der Waals surface area contributed by atoms with Crippen LogP contribution in [-0.2, 0) is 0 Å². The maximum Gasteiger partial charge on any atom is 0.154 e. The summed E-state index contributed by atoms with van der Waals surface area (Å²) in [4.78, 5) is 0. The molecule has 0 amide bonds. The molecule has 5 nitrogen and oxygen atoms in total. The number of aliphatic hydroxyl groups is 3. The van der Waals surface area contributed by atoms with Crippen LogP contribution in [0.1, 0.15) is 97.3 Å². The summed E-state index contributed by atoms with van der Waals surface area (Å²) in [6.07, 6.45) is 13.8. The molecule has 176 valence electrons. The van der Waals surface area contributed by atoms with E-state index in [-0.39, 0.29) is 12.1 Å². The first-order valence-electron chi connectivity index (χ1n) is 13.0. The van der Waals surface area contributed by atoms with Crippen LogP contribution in [0.25, 0.3) is 0 Å². The summed E-state index contributed by atoms with van der Waals surface area (Å²) in [5, 5.41) is 36.6. The molecule has 30 heavy (non-hydrogen) atoms. The Labute approximate surface area is 184 Å². The van der Waals surface area contributed by atoms with Crippen molar-refractivity contribution in [2.45, 2.75) is 122 Å². The molecule has 3 saturated carbocycles. The average molecular weight is 425 g/mol. The monoisotopic (exact) mass is 424 g/mol. The van der Waals surface area contributed by atoms with Gasteiger partial charge < -0.3 is 20.6 Å². The van der Waals surface area contributed by atoms with Gasteiger partial charge in [0.05, 0.1) is 0 Å². The van der Waals surface area contributed by atoms with Gasteiger partial charge >= 0.3 is 0 Å². The highest BCUT2D eigenvalue weighted by Crippen LogP contribution is 2.40. The van der Waals surface area contributed by atoms with Gasteiger partial charge in [-0.15, -0.1) is 0 Å². The minimum atomic E-state index is -1.14. The van der Waals surface area contributed by atoms with E-state index in [1.54, 1.807) is 0 Å². The summed E-state index contributed by atoms with van der Waals surface area (Å²) < 4.78 is 0. The molecule has 5 N–H and O–H groups in total. The molecule has 0 aromatic rings. The molecule has 0 aromatic heterocycles. The van der Waals surface area contributed by atoms with Gasteiger partial charge in [0.25, 0.3) is 0 Å². The fraction of sp³-hybridized carbons (Fsp3) is 1.00. The Kier molecular flexibility index (Phi) is 9.90. The normalized spacial score (nSPS) is 39.2. The predicted molar refractivity (Wildman–Crippen MR) is 122 cm³/mol. The molecule has 0 aliphatic heterocycles. The van der Waals surface area contributed by atoms with E-state index in [4.69, 9.17) is 0 Å². The molecule has 0 bridgehead atoms. The standard InChI is InChI=1S/C25H48N2O3/c1-3-14-26-24(28)19-7-5-18(6-8-19)16-21-15-17(2)4-13-23(21)27-22-11-9-20(10-12-22)25(29)30/h17-30H,3-16H2,1-2H3. The Morgan fingerprint density at radius 3 is 2.13 bits per heavy atom. The molecule has 3 aliphatic carbocycles. The zero-order valence-corrected chi connectivity index (χ0v) is 19.4. The lowest BCUT2D eigenvalue weighted by atomic mass is 9.70. The van der Waals surface area contributed by atoms with Gasteiger partial charge in [-0.2, -0.15) is 0 Å². The predicted octanol–water partition coefficient (Wildman–Crippen LogP) is 3.76. The summed E-state index contributed by atoms with van der Waals surface area (Å²) in [6.45, 7) is 5.48. The lowest BCUT2D eigenvalue weighted by molar-refractivity contribution is -0.0946. The lowest BCUT2D eigenvalue weighted by Gasteiger charge is -2.42. The zero-order valence-electron chi connectivity index (χ0n) is 19.4. The van der Waals surface area contributed by atoms with Gasteiger partial charge in [-0.1, -0.05) is 26.7 Å². The van der Waals surface area contributed by atoms with Crippen molar-refractivity contribution in [1.29, 1.82) is 0 Å². The van der Waals surface area contributed by atoms with Gasteiger partial charge in [0.15, 0.2) is 6.29 Å². The fourth-order valence-electron chi connectivity index (χ4n) is 6.49. The van der Waals surface area contributed by atoms with Crippen LogP contribution in [0.2, 0.25) is 0 Å². The molecule has 0 spiro atoms. The van der Waals surface area contributed by atoms with E-state index >= 15 is 0 Å². The molecule has 5 heteroatoms. The minimum absolute atomic E-state index is 0.0718. The molecule has 0 heterocycles. The zero-order chi connectivity index (χ0) is 21.5. The average Bonchev–Trinajstić information content (AvgIpc) is 2.75. The third-order valence-electron chi connectivity index (χ3n) is 8.47. The van der Waals surface area contributed by atoms with Crippen molar-refractivity contribution in [3.05, 3.63) is 0 Å². The third-order valence-corrected chi connectivity index (χ3v) is 8.47. The molecule has 4 atom stereocenters. The van der Waals surface area contributed by atoms with Crippen molar-refractivity contribution in [3.8, 4) is 0 Å². The summed E-state index contributed by atoms with van der Waals surface area (Å²) >= 11 is 0. The molecule has 4 unspecified atom stereocenters. The van der Waals surface area contributed by atoms with Crippen molar-refractivity contribution in [3.63, 3.8) is 0 Å². The highest BCUT2D eigenvalue weighted by atomic mass is 16.5. The Bertz CT molecular complexity index is 473. The maximum atomic E-state index is 10.4. The van der Waals surface area contributed by atoms with Gasteiger partial charge in [-0.3, -0.25) is 5.32 Å². The second kappa shape index (κ2) is 12.2. The van der Waals surface area contributed by atoms with E-state index in [9.17, 15) is 15.3 Å². The first-order chi connectivity index (χ1) is 14.5. The maximum absolute atomic E-state index is 10.4. The molecular weight excluding hydrogens is 376 g/mol. The molecule has 3 rings (SSSR count). The highest BCUT2D eigenvalue weighted by molar-refractivity contribution is 4.90. The molecule has 0 radical (unpaired) electrons. The minimum Gasteiger partial charge on any atom is -0.378 e. The van der Waals surface area contributed by atoms with Gasteiger partial charge in [0, 0.05) is 18.0 Å². The van der Waals surface area contributed by atoms with Gasteiger partial charge in [-0.25, -0.2) is 0 Å². The van der Waals surface area contributed by atoms with Crippen molar-refractivity contribution in [1.82, 2.24) is 10.6 Å². The summed E-state index contributed by atoms with van der Waals surface area (Å²) in [6, 6.07) is 1.19. The molecule has 3 aliphatic rings. The topological polar surface area (TPSA) is 84.8 Å². The van der Waals surface area contributed by atoms with E-state index in [2.05, 4.69) is 24.5 Å². The molecular formula is C25H48N2O3. The van der Waals surface area contributed by atoms with E-state index in [1.807, 2.05) is 0 Å². The Morgan fingerprint density at radius 2 is 1.50 bits per heavy atom. The summed E-state index contributed by atoms with van der Waals surface area (Å²) in [7, 11) is 0. The van der Waals surface area contributed by atoms with Crippen molar-refractivity contribution >= 4 is 0 Å². The number of aliphatic hydroxyl groups excluding tert-OH is 2. The number of rotatable bonds is 9. The molecule has 3 fully saturated rings. The highest BCUT2D eigenvalue weighted by Gasteiger charge is 2.35. The SMILES string of the molecule is CCCNC(O)C1CCC(CC2CC(C)CCC2NC2CCC(C(O)O)CC2)CC1. The van der Waals surface area contributed by atoms with E-state index in [0.717, 1.165) is 69.2 Å². The van der Waals surface area contributed by atoms with Gasteiger partial charge in [-0.05, 0) is 101 Å². The Balaban J connectivity index is 1.45. The van der Waals surface area contributed by atoms with Crippen LogP contribution in [-0.4, -0.2) is 46.5 Å². The fourth-order valence-corrected chi connectivity index (χ4v) is 6.49. The quantitative estimate of drug-likeness (QED) is 0.364. The summed E-state index contributed by atoms with van der Waals surface area (Å²) in [5.74, 6) is 2.94. The number of hydrogen-bond acceptors (Lipinski definition) is 5. The smallest absolute Gasteiger partial charge is 0.154 e. The number of nitrogens with one attached hydrogen (secondary N) is 2. The first kappa shape index (κ1) is 24.4. The Hall–Kier alpha value is -0.200.